The molecule has 0 fully saturated rings. The Labute approximate surface area is 197 Å². The fourth-order valence-electron chi connectivity index (χ4n) is 3.24. The van der Waals surface area contributed by atoms with Crippen LogP contribution < -0.4 is 15.4 Å². The molecule has 0 bridgehead atoms. The van der Waals surface area contributed by atoms with Gasteiger partial charge >= 0.3 is 0 Å². The molecule has 7 nitrogen and oxygen atoms in total. The molecule has 0 spiro atoms. The van der Waals surface area contributed by atoms with Gasteiger partial charge in [-0.3, -0.25) is 9.89 Å². The van der Waals surface area contributed by atoms with Crippen molar-refractivity contribution in [1.29, 1.82) is 0 Å². The first-order chi connectivity index (χ1) is 14.0. The first-order valence-electron chi connectivity index (χ1n) is 10.3. The molecule has 0 amide bonds. The number of hydrogen-bond acceptors (Lipinski definition) is 5. The monoisotopic (exact) mass is 529 g/mol. The summed E-state index contributed by atoms with van der Waals surface area (Å²) < 4.78 is 10.8. The van der Waals surface area contributed by atoms with Crippen LogP contribution >= 0.6 is 24.0 Å². The van der Waals surface area contributed by atoms with E-state index in [1.165, 1.54) is 5.56 Å². The summed E-state index contributed by atoms with van der Waals surface area (Å²) in [5, 5.41) is 10.9. The molecule has 2 aromatic rings. The smallest absolute Gasteiger partial charge is 0.191 e. The van der Waals surface area contributed by atoms with Crippen LogP contribution in [0.1, 0.15) is 56.7 Å². The third kappa shape index (κ3) is 7.46. The molecule has 8 heteroatoms. The molecule has 168 valence electrons. The molecule has 2 N–H and O–H groups in total. The highest BCUT2D eigenvalue weighted by Crippen LogP contribution is 2.23. The van der Waals surface area contributed by atoms with E-state index in [1.54, 1.807) is 14.2 Å². The van der Waals surface area contributed by atoms with Gasteiger partial charge < -0.3 is 19.9 Å². The Morgan fingerprint density at radius 3 is 2.50 bits per heavy atom. The van der Waals surface area contributed by atoms with Crippen LogP contribution in [0.3, 0.4) is 0 Å². The molecular formula is C22H36IN5O2. The predicted molar refractivity (Wildman–Crippen MR) is 133 cm³/mol. The molecule has 2 rings (SSSR count). The lowest BCUT2D eigenvalue weighted by Crippen LogP contribution is -2.43. The van der Waals surface area contributed by atoms with E-state index in [0.717, 1.165) is 42.8 Å². The molecule has 0 saturated carbocycles. The van der Waals surface area contributed by atoms with Gasteiger partial charge in [0.25, 0.3) is 0 Å². The van der Waals surface area contributed by atoms with Gasteiger partial charge in [-0.1, -0.05) is 45.0 Å². The average Bonchev–Trinajstić information content (AvgIpc) is 3.22. The van der Waals surface area contributed by atoms with Gasteiger partial charge in [-0.2, -0.15) is 0 Å². The van der Waals surface area contributed by atoms with E-state index in [0.29, 0.717) is 12.5 Å². The van der Waals surface area contributed by atoms with E-state index < -0.39 is 0 Å². The van der Waals surface area contributed by atoms with E-state index in [4.69, 9.17) is 9.26 Å². The second kappa shape index (κ2) is 13.5. The summed E-state index contributed by atoms with van der Waals surface area (Å²) in [6.07, 6.45) is 0. The summed E-state index contributed by atoms with van der Waals surface area (Å²) in [6, 6.07) is 10.4. The second-order valence-electron chi connectivity index (χ2n) is 7.19. The second-order valence-corrected chi connectivity index (χ2v) is 7.19. The Bertz CT molecular complexity index is 774. The maximum Gasteiger partial charge on any atom is 0.191 e. The zero-order valence-electron chi connectivity index (χ0n) is 18.9. The number of nitrogens with one attached hydrogen (secondary N) is 2. The maximum absolute atomic E-state index is 5.41. The molecule has 0 aliphatic heterocycles. The van der Waals surface area contributed by atoms with E-state index >= 15 is 0 Å². The molecule has 30 heavy (non-hydrogen) atoms. The average molecular weight is 529 g/mol. The summed E-state index contributed by atoms with van der Waals surface area (Å²) in [5.74, 6) is 2.74. The summed E-state index contributed by atoms with van der Waals surface area (Å²) in [4.78, 5) is 6.76. The molecule has 1 unspecified atom stereocenters. The molecule has 0 aliphatic rings. The Morgan fingerprint density at radius 2 is 1.93 bits per heavy atom. The Hall–Kier alpha value is -1.81. The number of halogens is 1. The van der Waals surface area contributed by atoms with Gasteiger partial charge in [-0.25, -0.2) is 0 Å². The standard InChI is InChI=1S/C22H35N5O2.HI/c1-7-27(8-2)21(17-10-9-11-18(12-17)28-6)15-25-22(23-5)24-14-19-13-20(16(3)4)26-29-19;/h9-13,16,21H,7-8,14-15H2,1-6H3,(H2,23,24,25);1H. The van der Waals surface area contributed by atoms with Crippen molar-refractivity contribution in [2.45, 2.75) is 46.2 Å². The van der Waals surface area contributed by atoms with E-state index in [2.05, 4.69) is 65.5 Å². The van der Waals surface area contributed by atoms with Gasteiger partial charge in [0.15, 0.2) is 11.7 Å². The van der Waals surface area contributed by atoms with E-state index in [1.807, 2.05) is 18.2 Å². The number of guanidine groups is 1. The normalized spacial score (nSPS) is 12.6. The summed E-state index contributed by atoms with van der Waals surface area (Å²) in [7, 11) is 3.47. The molecule has 1 aromatic carbocycles. The van der Waals surface area contributed by atoms with Crippen LogP contribution in [0.2, 0.25) is 0 Å². The van der Waals surface area contributed by atoms with Gasteiger partial charge in [0.05, 0.1) is 25.4 Å². The predicted octanol–water partition coefficient (Wildman–Crippen LogP) is 4.17. The van der Waals surface area contributed by atoms with Crippen LogP contribution in [0.5, 0.6) is 5.75 Å². The molecule has 0 radical (unpaired) electrons. The van der Waals surface area contributed by atoms with Crippen molar-refractivity contribution in [2.24, 2.45) is 4.99 Å². The lowest BCUT2D eigenvalue weighted by molar-refractivity contribution is 0.218. The van der Waals surface area contributed by atoms with Gasteiger partial charge in [0.2, 0.25) is 0 Å². The fourth-order valence-corrected chi connectivity index (χ4v) is 3.24. The van der Waals surface area contributed by atoms with Crippen LogP contribution in [-0.2, 0) is 6.54 Å². The molecule has 0 aliphatic carbocycles. The zero-order valence-corrected chi connectivity index (χ0v) is 21.3. The van der Waals surface area contributed by atoms with Crippen molar-refractivity contribution in [1.82, 2.24) is 20.7 Å². The topological polar surface area (TPSA) is 74.9 Å². The van der Waals surface area contributed by atoms with Crippen LogP contribution in [0.4, 0.5) is 0 Å². The lowest BCUT2D eigenvalue weighted by atomic mass is 10.0. The Kier molecular flexibility index (Phi) is 11.8. The number of aliphatic imine (C=N–C) groups is 1. The quantitative estimate of drug-likeness (QED) is 0.274. The molecular weight excluding hydrogens is 493 g/mol. The summed E-state index contributed by atoms with van der Waals surface area (Å²) in [6.45, 7) is 11.7. The number of nitrogens with zero attached hydrogens (tertiary/aromatic N) is 3. The van der Waals surface area contributed by atoms with Gasteiger partial charge in [0, 0.05) is 19.7 Å². The highest BCUT2D eigenvalue weighted by molar-refractivity contribution is 14.0. The highest BCUT2D eigenvalue weighted by atomic mass is 127. The number of benzene rings is 1. The minimum absolute atomic E-state index is 0. The number of methoxy groups -OCH3 is 1. The maximum atomic E-state index is 5.41. The van der Waals surface area contributed by atoms with Crippen molar-refractivity contribution in [3.8, 4) is 5.75 Å². The van der Waals surface area contributed by atoms with Crippen molar-refractivity contribution in [3.63, 3.8) is 0 Å². The van der Waals surface area contributed by atoms with Crippen LogP contribution in [-0.4, -0.2) is 49.8 Å². The summed E-state index contributed by atoms with van der Waals surface area (Å²) in [5.41, 5.74) is 2.18. The molecule has 1 aromatic heterocycles. The third-order valence-electron chi connectivity index (χ3n) is 5.02. The van der Waals surface area contributed by atoms with Crippen molar-refractivity contribution in [3.05, 3.63) is 47.3 Å². The summed E-state index contributed by atoms with van der Waals surface area (Å²) >= 11 is 0. The van der Waals surface area contributed by atoms with Crippen LogP contribution in [0, 0.1) is 0 Å². The third-order valence-corrected chi connectivity index (χ3v) is 5.02. The lowest BCUT2D eigenvalue weighted by Gasteiger charge is -2.31. The Morgan fingerprint density at radius 1 is 1.20 bits per heavy atom. The minimum Gasteiger partial charge on any atom is -0.497 e. The number of rotatable bonds is 10. The fraction of sp³-hybridized carbons (Fsp3) is 0.545. The number of aromatic nitrogens is 1. The van der Waals surface area contributed by atoms with E-state index in [-0.39, 0.29) is 30.0 Å². The van der Waals surface area contributed by atoms with E-state index in [9.17, 15) is 0 Å². The number of likely N-dealkylation sites (N-methyl/N-ethyl adjacent to an activating group) is 1. The van der Waals surface area contributed by atoms with Gasteiger partial charge in [0.1, 0.15) is 5.75 Å². The van der Waals surface area contributed by atoms with Crippen molar-refractivity contribution >= 4 is 29.9 Å². The van der Waals surface area contributed by atoms with Crippen molar-refractivity contribution in [2.75, 3.05) is 33.8 Å². The van der Waals surface area contributed by atoms with Gasteiger partial charge in [-0.15, -0.1) is 24.0 Å². The van der Waals surface area contributed by atoms with Crippen LogP contribution in [0.15, 0.2) is 39.8 Å². The Balaban J connectivity index is 0.00000450. The minimum atomic E-state index is 0. The SMILES string of the molecule is CCN(CC)C(CNC(=NC)NCc1cc(C(C)C)no1)c1cccc(OC)c1.I. The molecule has 1 atom stereocenters. The molecule has 1 heterocycles. The van der Waals surface area contributed by atoms with Crippen LogP contribution in [0.25, 0.3) is 0 Å². The number of hydrogen-bond donors (Lipinski definition) is 2. The highest BCUT2D eigenvalue weighted by Gasteiger charge is 2.19. The van der Waals surface area contributed by atoms with Crippen molar-refractivity contribution < 1.29 is 9.26 Å². The van der Waals surface area contributed by atoms with Gasteiger partial charge in [-0.05, 0) is 36.7 Å². The molecule has 0 saturated heterocycles. The first-order valence-corrected chi connectivity index (χ1v) is 10.3. The largest absolute Gasteiger partial charge is 0.497 e. The number of ether oxygens (including phenoxy) is 1. The zero-order chi connectivity index (χ0) is 21.2. The first kappa shape index (κ1) is 26.2.